The van der Waals surface area contributed by atoms with Crippen LogP contribution in [-0.4, -0.2) is 26.5 Å². The SMILES string of the molecule is [N-]=[N+]=NCCOS(=O)(=O)c1ccc([N+](=O)[O-])cc1. The second-order valence-electron chi connectivity index (χ2n) is 2.98. The Kier molecular flexibility index (Phi) is 4.60. The third kappa shape index (κ3) is 3.70. The van der Waals surface area contributed by atoms with Crippen LogP contribution in [0.4, 0.5) is 5.69 Å². The minimum atomic E-state index is -3.99. The first-order valence-corrected chi connectivity index (χ1v) is 6.03. The topological polar surface area (TPSA) is 135 Å². The molecule has 0 saturated carbocycles. The molecule has 0 aromatic heterocycles. The zero-order valence-electron chi connectivity index (χ0n) is 8.96. The van der Waals surface area contributed by atoms with Crippen LogP contribution in [0.3, 0.4) is 0 Å². The van der Waals surface area contributed by atoms with Crippen molar-refractivity contribution in [2.24, 2.45) is 5.11 Å². The van der Waals surface area contributed by atoms with Crippen molar-refractivity contribution in [2.45, 2.75) is 4.90 Å². The summed E-state index contributed by atoms with van der Waals surface area (Å²) in [4.78, 5) is 12.0. The Hall–Kier alpha value is -2.16. The first-order chi connectivity index (χ1) is 8.47. The largest absolute Gasteiger partial charge is 0.296 e. The summed E-state index contributed by atoms with van der Waals surface area (Å²) in [6.07, 6.45) is 0. The fourth-order valence-corrected chi connectivity index (χ4v) is 1.93. The van der Waals surface area contributed by atoms with Crippen LogP contribution in [0.5, 0.6) is 0 Å². The second kappa shape index (κ2) is 5.96. The van der Waals surface area contributed by atoms with E-state index in [9.17, 15) is 18.5 Å². The molecule has 0 bridgehead atoms. The molecule has 18 heavy (non-hydrogen) atoms. The quantitative estimate of drug-likeness (QED) is 0.147. The lowest BCUT2D eigenvalue weighted by molar-refractivity contribution is -0.384. The summed E-state index contributed by atoms with van der Waals surface area (Å²) in [7, 11) is -3.99. The third-order valence-electron chi connectivity index (χ3n) is 1.83. The van der Waals surface area contributed by atoms with Gasteiger partial charge in [0.05, 0.1) is 23.0 Å². The zero-order valence-corrected chi connectivity index (χ0v) is 9.78. The van der Waals surface area contributed by atoms with Gasteiger partial charge < -0.3 is 0 Å². The molecule has 1 aromatic carbocycles. The smallest absolute Gasteiger partial charge is 0.266 e. The van der Waals surface area contributed by atoms with Gasteiger partial charge in [0.1, 0.15) is 0 Å². The van der Waals surface area contributed by atoms with Crippen molar-refractivity contribution in [1.29, 1.82) is 0 Å². The number of hydrogen-bond donors (Lipinski definition) is 0. The maximum atomic E-state index is 11.5. The second-order valence-corrected chi connectivity index (χ2v) is 4.60. The zero-order chi connectivity index (χ0) is 13.6. The molecule has 0 aliphatic carbocycles. The molecule has 0 fully saturated rings. The predicted octanol–water partition coefficient (Wildman–Crippen LogP) is 1.61. The molecular weight excluding hydrogens is 264 g/mol. The molecule has 0 amide bonds. The van der Waals surface area contributed by atoms with Gasteiger partial charge in [0.25, 0.3) is 15.8 Å². The summed E-state index contributed by atoms with van der Waals surface area (Å²) in [6.45, 7) is -0.411. The normalized spacial score (nSPS) is 10.7. The van der Waals surface area contributed by atoms with Crippen molar-refractivity contribution >= 4 is 15.8 Å². The average molecular weight is 272 g/mol. The van der Waals surface area contributed by atoms with Crippen molar-refractivity contribution in [3.05, 3.63) is 44.8 Å². The highest BCUT2D eigenvalue weighted by Crippen LogP contribution is 2.17. The molecule has 0 saturated heterocycles. The molecule has 0 aliphatic rings. The van der Waals surface area contributed by atoms with E-state index in [1.165, 1.54) is 0 Å². The van der Waals surface area contributed by atoms with Gasteiger partial charge in [-0.1, -0.05) is 5.11 Å². The van der Waals surface area contributed by atoms with Crippen LogP contribution in [0.1, 0.15) is 0 Å². The fraction of sp³-hybridized carbons (Fsp3) is 0.250. The molecule has 0 aliphatic heterocycles. The van der Waals surface area contributed by atoms with E-state index in [1.54, 1.807) is 0 Å². The van der Waals surface area contributed by atoms with E-state index in [4.69, 9.17) is 5.53 Å². The van der Waals surface area contributed by atoms with E-state index in [2.05, 4.69) is 14.2 Å². The molecule has 0 atom stereocenters. The predicted molar refractivity (Wildman–Crippen MR) is 60.2 cm³/mol. The van der Waals surface area contributed by atoms with Crippen LogP contribution in [0.2, 0.25) is 0 Å². The monoisotopic (exact) mass is 272 g/mol. The van der Waals surface area contributed by atoms with E-state index < -0.39 is 15.0 Å². The highest BCUT2D eigenvalue weighted by molar-refractivity contribution is 7.86. The number of hydrogen-bond acceptors (Lipinski definition) is 6. The molecule has 1 rings (SSSR count). The van der Waals surface area contributed by atoms with Crippen LogP contribution in [0.15, 0.2) is 34.3 Å². The standard InChI is InChI=1S/C8H8N4O5S/c9-11-10-5-6-17-18(15,16)8-3-1-7(2-4-8)12(13)14/h1-4H,5-6H2. The van der Waals surface area contributed by atoms with Crippen molar-refractivity contribution in [3.63, 3.8) is 0 Å². The highest BCUT2D eigenvalue weighted by atomic mass is 32.2. The maximum Gasteiger partial charge on any atom is 0.296 e. The molecule has 0 heterocycles. The maximum absolute atomic E-state index is 11.5. The number of nitro groups is 1. The van der Waals surface area contributed by atoms with Gasteiger partial charge in [-0.2, -0.15) is 8.42 Å². The average Bonchev–Trinajstić information content (AvgIpc) is 2.35. The number of rotatable bonds is 6. The molecule has 0 unspecified atom stereocenters. The number of non-ortho nitro benzene ring substituents is 1. The summed E-state index contributed by atoms with van der Waals surface area (Å²) < 4.78 is 27.7. The summed E-state index contributed by atoms with van der Waals surface area (Å²) in [5, 5.41) is 13.5. The van der Waals surface area contributed by atoms with Gasteiger partial charge in [-0.3, -0.25) is 14.3 Å². The van der Waals surface area contributed by atoms with Crippen LogP contribution in [0, 0.1) is 10.1 Å². The summed E-state index contributed by atoms with van der Waals surface area (Å²) in [5.41, 5.74) is 7.77. The van der Waals surface area contributed by atoms with Gasteiger partial charge in [-0.05, 0) is 17.7 Å². The van der Waals surface area contributed by atoms with E-state index in [0.717, 1.165) is 24.3 Å². The lowest BCUT2D eigenvalue weighted by Crippen LogP contribution is -2.09. The van der Waals surface area contributed by atoms with Crippen molar-refractivity contribution < 1.29 is 17.5 Å². The molecule has 1 aromatic rings. The Bertz CT molecular complexity index is 576. The van der Waals surface area contributed by atoms with Crippen molar-refractivity contribution in [2.75, 3.05) is 13.2 Å². The molecule has 9 nitrogen and oxygen atoms in total. The number of azide groups is 1. The van der Waals surface area contributed by atoms with Crippen LogP contribution >= 0.6 is 0 Å². The van der Waals surface area contributed by atoms with Crippen molar-refractivity contribution in [1.82, 2.24) is 0 Å². The fourth-order valence-electron chi connectivity index (χ4n) is 1.04. The van der Waals surface area contributed by atoms with Gasteiger partial charge in [0.15, 0.2) is 0 Å². The number of benzene rings is 1. The van der Waals surface area contributed by atoms with Gasteiger partial charge in [-0.25, -0.2) is 0 Å². The molecule has 0 N–H and O–H groups in total. The molecule has 96 valence electrons. The first-order valence-electron chi connectivity index (χ1n) is 4.62. The first kappa shape index (κ1) is 13.9. The minimum absolute atomic E-state index is 0.122. The van der Waals surface area contributed by atoms with Crippen LogP contribution in [-0.2, 0) is 14.3 Å². The molecule has 0 spiro atoms. The lowest BCUT2D eigenvalue weighted by Gasteiger charge is -2.03. The van der Waals surface area contributed by atoms with Crippen LogP contribution in [0.25, 0.3) is 10.4 Å². The van der Waals surface area contributed by atoms with Gasteiger partial charge in [-0.15, -0.1) is 0 Å². The van der Waals surface area contributed by atoms with E-state index in [-0.39, 0.29) is 23.7 Å². The molecular formula is C8H8N4O5S. The third-order valence-corrected chi connectivity index (χ3v) is 3.16. The van der Waals surface area contributed by atoms with Gasteiger partial charge >= 0.3 is 0 Å². The van der Waals surface area contributed by atoms with Crippen molar-refractivity contribution in [3.8, 4) is 0 Å². The Balaban J connectivity index is 2.78. The Morgan fingerprint density at radius 3 is 2.50 bits per heavy atom. The minimum Gasteiger partial charge on any atom is -0.266 e. The lowest BCUT2D eigenvalue weighted by atomic mass is 10.3. The molecule has 10 heteroatoms. The van der Waals surface area contributed by atoms with E-state index in [0.29, 0.717) is 0 Å². The molecule has 0 radical (unpaired) electrons. The Labute approximate surface area is 102 Å². The highest BCUT2D eigenvalue weighted by Gasteiger charge is 2.16. The van der Waals surface area contributed by atoms with E-state index in [1.807, 2.05) is 0 Å². The summed E-state index contributed by atoms with van der Waals surface area (Å²) in [6, 6.07) is 4.26. The number of nitro benzene ring substituents is 1. The van der Waals surface area contributed by atoms with Gasteiger partial charge in [0, 0.05) is 17.0 Å². The van der Waals surface area contributed by atoms with Gasteiger partial charge in [0.2, 0.25) is 0 Å². The Morgan fingerprint density at radius 2 is 2.00 bits per heavy atom. The number of nitrogens with zero attached hydrogens (tertiary/aromatic N) is 4. The summed E-state index contributed by atoms with van der Waals surface area (Å²) >= 11 is 0. The summed E-state index contributed by atoms with van der Waals surface area (Å²) in [5.74, 6) is 0. The van der Waals surface area contributed by atoms with E-state index >= 15 is 0 Å². The Morgan fingerprint density at radius 1 is 1.39 bits per heavy atom. The van der Waals surface area contributed by atoms with Crippen LogP contribution < -0.4 is 0 Å².